The van der Waals surface area contributed by atoms with E-state index in [0.29, 0.717) is 60.9 Å². The number of nitrogens with zero attached hydrogens (tertiary/aromatic N) is 6. The van der Waals surface area contributed by atoms with E-state index >= 15 is 4.39 Å². The lowest BCUT2D eigenvalue weighted by Crippen LogP contribution is -2.46. The smallest absolute Gasteiger partial charge is 0.281 e. The van der Waals surface area contributed by atoms with Crippen LogP contribution < -0.4 is 10.1 Å². The molecule has 0 bridgehead atoms. The SMILES string of the molecule is C=C(F)C(=O)N1CCC(NC2COc3cc(-n4c(-c5ccccc5F)nc5ccc(-n6cccn6)nc54)ccc32)CC1. The highest BCUT2D eigenvalue weighted by atomic mass is 19.1. The van der Waals surface area contributed by atoms with Crippen LogP contribution in [0.5, 0.6) is 5.75 Å². The van der Waals surface area contributed by atoms with Crippen LogP contribution in [0.1, 0.15) is 24.4 Å². The average Bonchev–Trinajstić information content (AvgIpc) is 3.76. The number of benzene rings is 2. The second-order valence-corrected chi connectivity index (χ2v) is 10.4. The molecule has 7 rings (SSSR count). The molecule has 0 aliphatic carbocycles. The number of fused-ring (bicyclic) bond motifs is 2. The normalized spacial score (nSPS) is 16.9. The van der Waals surface area contributed by atoms with E-state index in [1.807, 2.05) is 47.2 Å². The predicted molar refractivity (Wildman–Crippen MR) is 153 cm³/mol. The molecule has 9 nitrogen and oxygen atoms in total. The first kappa shape index (κ1) is 26.0. The van der Waals surface area contributed by atoms with E-state index in [9.17, 15) is 9.18 Å². The van der Waals surface area contributed by atoms with E-state index in [1.54, 1.807) is 29.1 Å². The van der Waals surface area contributed by atoms with Gasteiger partial charge in [-0.25, -0.2) is 23.4 Å². The zero-order valence-corrected chi connectivity index (χ0v) is 22.6. The lowest BCUT2D eigenvalue weighted by molar-refractivity contribution is -0.129. The van der Waals surface area contributed by atoms with E-state index in [4.69, 9.17) is 14.7 Å². The van der Waals surface area contributed by atoms with Crippen molar-refractivity contribution in [1.82, 2.24) is 34.5 Å². The molecule has 2 aliphatic rings. The van der Waals surface area contributed by atoms with Gasteiger partial charge in [0.05, 0.1) is 17.3 Å². The molecular formula is C31H27F2N7O2. The molecule has 1 amide bonds. The molecule has 1 saturated heterocycles. The fourth-order valence-corrected chi connectivity index (χ4v) is 5.73. The summed E-state index contributed by atoms with van der Waals surface area (Å²) in [6.45, 7) is 4.51. The lowest BCUT2D eigenvalue weighted by Gasteiger charge is -2.33. The zero-order valence-electron chi connectivity index (χ0n) is 22.6. The molecule has 0 radical (unpaired) electrons. The molecule has 5 aromatic rings. The monoisotopic (exact) mass is 567 g/mol. The fourth-order valence-electron chi connectivity index (χ4n) is 5.73. The zero-order chi connectivity index (χ0) is 28.8. The van der Waals surface area contributed by atoms with Gasteiger partial charge in [0, 0.05) is 43.2 Å². The van der Waals surface area contributed by atoms with Crippen LogP contribution in [0, 0.1) is 5.82 Å². The van der Waals surface area contributed by atoms with Crippen LogP contribution >= 0.6 is 0 Å². The number of likely N-dealkylation sites (tertiary alicyclic amines) is 1. The van der Waals surface area contributed by atoms with Crippen LogP contribution in [0.15, 0.2) is 85.5 Å². The highest BCUT2D eigenvalue weighted by Crippen LogP contribution is 2.37. The van der Waals surface area contributed by atoms with Gasteiger partial charge in [-0.15, -0.1) is 0 Å². The minimum atomic E-state index is -0.924. The number of carbonyl (C=O) groups excluding carboxylic acids is 1. The number of hydrogen-bond donors (Lipinski definition) is 1. The summed E-state index contributed by atoms with van der Waals surface area (Å²) in [5, 5.41) is 7.94. The van der Waals surface area contributed by atoms with Crippen LogP contribution in [0.4, 0.5) is 8.78 Å². The summed E-state index contributed by atoms with van der Waals surface area (Å²) in [6, 6.07) is 18.1. The van der Waals surface area contributed by atoms with Gasteiger partial charge in [-0.1, -0.05) is 24.8 Å². The van der Waals surface area contributed by atoms with Crippen LogP contribution in [-0.4, -0.2) is 60.9 Å². The molecule has 3 aromatic heterocycles. The maximum Gasteiger partial charge on any atom is 0.281 e. The van der Waals surface area contributed by atoms with E-state index in [-0.39, 0.29) is 17.9 Å². The summed E-state index contributed by atoms with van der Waals surface area (Å²) in [7, 11) is 0. The molecule has 5 heterocycles. The Hall–Kier alpha value is -4.90. The molecule has 1 unspecified atom stereocenters. The summed E-state index contributed by atoms with van der Waals surface area (Å²) in [4.78, 5) is 23.0. The van der Waals surface area contributed by atoms with Crippen LogP contribution in [0.2, 0.25) is 0 Å². The number of pyridine rings is 1. The van der Waals surface area contributed by atoms with Crippen molar-refractivity contribution < 1.29 is 18.3 Å². The van der Waals surface area contributed by atoms with Crippen molar-refractivity contribution in [1.29, 1.82) is 0 Å². The number of amides is 1. The van der Waals surface area contributed by atoms with Crippen LogP contribution in [-0.2, 0) is 4.79 Å². The minimum absolute atomic E-state index is 0.0347. The van der Waals surface area contributed by atoms with Crippen molar-refractivity contribution in [2.24, 2.45) is 0 Å². The number of hydrogen-bond acceptors (Lipinski definition) is 6. The van der Waals surface area contributed by atoms with E-state index in [2.05, 4.69) is 17.0 Å². The largest absolute Gasteiger partial charge is 0.491 e. The molecule has 1 atom stereocenters. The Balaban J connectivity index is 1.22. The topological polar surface area (TPSA) is 90.1 Å². The maximum absolute atomic E-state index is 15.0. The first-order valence-corrected chi connectivity index (χ1v) is 13.8. The van der Waals surface area contributed by atoms with Gasteiger partial charge in [0.1, 0.15) is 29.5 Å². The molecule has 1 fully saturated rings. The van der Waals surface area contributed by atoms with Crippen molar-refractivity contribution in [2.45, 2.75) is 24.9 Å². The number of nitrogens with one attached hydrogen (secondary N) is 1. The van der Waals surface area contributed by atoms with E-state index in [0.717, 1.165) is 17.0 Å². The average molecular weight is 568 g/mol. The third kappa shape index (κ3) is 4.61. The Bertz CT molecular complexity index is 1810. The first-order chi connectivity index (χ1) is 20.5. The highest BCUT2D eigenvalue weighted by Gasteiger charge is 2.30. The van der Waals surface area contributed by atoms with Crippen molar-refractivity contribution in [3.8, 4) is 28.6 Å². The summed E-state index contributed by atoms with van der Waals surface area (Å²) in [6.07, 6.45) is 4.91. The second-order valence-electron chi connectivity index (χ2n) is 10.4. The third-order valence-corrected chi connectivity index (χ3v) is 7.83. The van der Waals surface area contributed by atoms with Gasteiger partial charge in [-0.05, 0) is 49.2 Å². The first-order valence-electron chi connectivity index (χ1n) is 13.8. The number of imidazole rings is 1. The second kappa shape index (κ2) is 10.5. The Morgan fingerprint density at radius 2 is 1.88 bits per heavy atom. The van der Waals surface area contributed by atoms with E-state index in [1.165, 1.54) is 11.0 Å². The van der Waals surface area contributed by atoms with Gasteiger partial charge < -0.3 is 15.0 Å². The summed E-state index contributed by atoms with van der Waals surface area (Å²) >= 11 is 0. The molecule has 0 spiro atoms. The number of rotatable bonds is 6. The lowest BCUT2D eigenvalue weighted by atomic mass is 10.0. The summed E-state index contributed by atoms with van der Waals surface area (Å²) in [5.41, 5.74) is 3.28. The van der Waals surface area contributed by atoms with Gasteiger partial charge in [0.25, 0.3) is 5.91 Å². The number of ether oxygens (including phenoxy) is 1. The Kier molecular flexibility index (Phi) is 6.50. The van der Waals surface area contributed by atoms with Crippen molar-refractivity contribution in [2.75, 3.05) is 19.7 Å². The number of aromatic nitrogens is 5. The molecule has 2 aliphatic heterocycles. The summed E-state index contributed by atoms with van der Waals surface area (Å²) < 4.78 is 37.9. The Labute approximate surface area is 240 Å². The van der Waals surface area contributed by atoms with Crippen molar-refractivity contribution >= 4 is 17.1 Å². The highest BCUT2D eigenvalue weighted by molar-refractivity contribution is 5.90. The van der Waals surface area contributed by atoms with Crippen molar-refractivity contribution in [3.05, 3.63) is 96.8 Å². The standard InChI is InChI=1S/C31H27F2N7O2/c1-19(32)31(41)38-15-11-20(12-16-38)35-26-18-42-27-17-21(7-8-23(26)27)40-29(22-5-2-3-6-24(22)33)36-25-9-10-28(37-30(25)40)39-14-4-13-34-39/h2-10,13-14,17,20,26,35H,1,11-12,15-16,18H2. The fraction of sp³-hybridized carbons (Fsp3) is 0.226. The van der Waals surface area contributed by atoms with Crippen LogP contribution in [0.3, 0.4) is 0 Å². The molecule has 11 heteroatoms. The van der Waals surface area contributed by atoms with E-state index < -0.39 is 11.7 Å². The molecule has 42 heavy (non-hydrogen) atoms. The predicted octanol–water partition coefficient (Wildman–Crippen LogP) is 4.91. The van der Waals surface area contributed by atoms with Crippen LogP contribution in [0.25, 0.3) is 34.1 Å². The molecule has 2 aromatic carbocycles. The number of halogens is 2. The van der Waals surface area contributed by atoms with Gasteiger partial charge in [0.2, 0.25) is 0 Å². The number of piperidine rings is 1. The molecular weight excluding hydrogens is 540 g/mol. The van der Waals surface area contributed by atoms with Gasteiger partial charge in [-0.2, -0.15) is 5.10 Å². The molecule has 1 N–H and O–H groups in total. The van der Waals surface area contributed by atoms with Gasteiger partial charge in [-0.3, -0.25) is 9.36 Å². The quantitative estimate of drug-likeness (QED) is 0.294. The minimum Gasteiger partial charge on any atom is -0.491 e. The van der Waals surface area contributed by atoms with Gasteiger partial charge >= 0.3 is 0 Å². The van der Waals surface area contributed by atoms with Crippen molar-refractivity contribution in [3.63, 3.8) is 0 Å². The molecule has 0 saturated carbocycles. The Morgan fingerprint density at radius 1 is 1.05 bits per heavy atom. The maximum atomic E-state index is 15.0. The number of carbonyl (C=O) groups is 1. The van der Waals surface area contributed by atoms with Gasteiger partial charge in [0.15, 0.2) is 17.3 Å². The Morgan fingerprint density at radius 3 is 2.64 bits per heavy atom. The summed E-state index contributed by atoms with van der Waals surface area (Å²) in [5.74, 6) is -0.185. The molecule has 212 valence electrons. The third-order valence-electron chi connectivity index (χ3n) is 7.83.